The van der Waals surface area contributed by atoms with Crippen LogP contribution in [0.15, 0.2) is 39.8 Å². The Morgan fingerprint density at radius 1 is 1.43 bits per heavy atom. The summed E-state index contributed by atoms with van der Waals surface area (Å²) < 4.78 is 20.7. The number of ether oxygens (including phenoxy) is 1. The number of methoxy groups -OCH3 is 1. The van der Waals surface area contributed by atoms with Crippen LogP contribution in [0.2, 0.25) is 0 Å². The highest BCUT2D eigenvalue weighted by Gasteiger charge is 2.16. The molecule has 1 heterocycles. The van der Waals surface area contributed by atoms with Crippen molar-refractivity contribution in [2.75, 3.05) is 19.5 Å². The molecule has 0 spiro atoms. The number of nitrogens with zero attached hydrogens (tertiary/aromatic N) is 2. The van der Waals surface area contributed by atoms with E-state index in [4.69, 9.17) is 10.5 Å². The second-order valence-electron chi connectivity index (χ2n) is 4.47. The topological polar surface area (TPSA) is 53.1 Å². The summed E-state index contributed by atoms with van der Waals surface area (Å²) in [5, 5.41) is 4.29. The number of hydrogen-bond acceptors (Lipinski definition) is 4. The molecule has 0 aliphatic rings. The predicted molar refractivity (Wildman–Crippen MR) is 85.9 cm³/mol. The minimum Gasteiger partial charge on any atom is -0.383 e. The maximum Gasteiger partial charge on any atom is 0.123 e. The van der Waals surface area contributed by atoms with Gasteiger partial charge in [0.15, 0.2) is 0 Å². The highest BCUT2D eigenvalue weighted by atomic mass is 79.9. The van der Waals surface area contributed by atoms with E-state index in [0.717, 1.165) is 15.1 Å². The van der Waals surface area contributed by atoms with Crippen LogP contribution in [0.3, 0.4) is 0 Å². The highest BCUT2D eigenvalue weighted by molar-refractivity contribution is 9.10. The Morgan fingerprint density at radius 3 is 2.81 bits per heavy atom. The summed E-state index contributed by atoms with van der Waals surface area (Å²) in [7, 11) is 1.66. The van der Waals surface area contributed by atoms with E-state index in [1.807, 2.05) is 4.68 Å². The molecule has 0 fully saturated rings. The molecule has 0 aliphatic heterocycles. The van der Waals surface area contributed by atoms with Crippen molar-refractivity contribution in [3.05, 3.63) is 46.4 Å². The zero-order chi connectivity index (χ0) is 15.2. The van der Waals surface area contributed by atoms with Crippen LogP contribution in [0, 0.1) is 5.82 Å². The summed E-state index contributed by atoms with van der Waals surface area (Å²) >= 11 is 5.07. The van der Waals surface area contributed by atoms with Gasteiger partial charge in [-0.25, -0.2) is 4.39 Å². The fraction of sp³-hybridized carbons (Fsp3) is 0.357. The van der Waals surface area contributed by atoms with Crippen LogP contribution in [0.1, 0.15) is 11.7 Å². The molecule has 2 N–H and O–H groups in total. The average molecular weight is 374 g/mol. The maximum atomic E-state index is 12.9. The summed E-state index contributed by atoms with van der Waals surface area (Å²) in [6.07, 6.45) is 1.74. The zero-order valence-electron chi connectivity index (χ0n) is 11.6. The minimum absolute atomic E-state index is 0.172. The molecule has 1 unspecified atom stereocenters. The van der Waals surface area contributed by atoms with Crippen molar-refractivity contribution in [1.82, 2.24) is 9.78 Å². The average Bonchev–Trinajstić information content (AvgIpc) is 2.85. The first-order valence-corrected chi connectivity index (χ1v) is 8.23. The van der Waals surface area contributed by atoms with Gasteiger partial charge >= 0.3 is 0 Å². The first kappa shape index (κ1) is 16.5. The van der Waals surface area contributed by atoms with Gasteiger partial charge in [0.1, 0.15) is 5.82 Å². The van der Waals surface area contributed by atoms with Crippen molar-refractivity contribution in [3.63, 3.8) is 0 Å². The van der Waals surface area contributed by atoms with Crippen LogP contribution in [-0.4, -0.2) is 29.3 Å². The second kappa shape index (κ2) is 7.93. The molecule has 0 bridgehead atoms. The van der Waals surface area contributed by atoms with Crippen LogP contribution in [0.4, 0.5) is 4.39 Å². The normalized spacial score (nSPS) is 12.6. The first-order valence-electron chi connectivity index (χ1n) is 6.46. The summed E-state index contributed by atoms with van der Waals surface area (Å²) in [6, 6.07) is 6.24. The Hall–Kier alpha value is -0.890. The van der Waals surface area contributed by atoms with Gasteiger partial charge in [-0.3, -0.25) is 4.68 Å². The lowest BCUT2D eigenvalue weighted by Crippen LogP contribution is -2.20. The molecule has 2 rings (SSSR count). The number of thioether (sulfide) groups is 1. The van der Waals surface area contributed by atoms with Crippen molar-refractivity contribution in [1.29, 1.82) is 0 Å². The molecule has 1 atom stereocenters. The fourth-order valence-electron chi connectivity index (χ4n) is 1.89. The Kier molecular flexibility index (Phi) is 6.22. The molecule has 0 saturated heterocycles. The van der Waals surface area contributed by atoms with Gasteiger partial charge in [0.25, 0.3) is 0 Å². The van der Waals surface area contributed by atoms with Crippen molar-refractivity contribution in [2.24, 2.45) is 5.73 Å². The molecule has 1 aromatic heterocycles. The maximum absolute atomic E-state index is 12.9. The van der Waals surface area contributed by atoms with Gasteiger partial charge in [-0.2, -0.15) is 5.10 Å². The van der Waals surface area contributed by atoms with E-state index < -0.39 is 0 Å². The smallest absolute Gasteiger partial charge is 0.123 e. The van der Waals surface area contributed by atoms with E-state index in [1.54, 1.807) is 37.2 Å². The molecule has 0 radical (unpaired) electrons. The van der Waals surface area contributed by atoms with Crippen LogP contribution in [-0.2, 0) is 11.3 Å². The number of hydrogen-bond donors (Lipinski definition) is 1. The monoisotopic (exact) mass is 373 g/mol. The number of rotatable bonds is 7. The standard InChI is InChI=1S/C14H17BrFN3OS/c1-20-7-6-19-14(12(15)8-18-19)13(17)9-21-11-4-2-10(16)3-5-11/h2-5,8,13H,6-7,9,17H2,1H3. The van der Waals surface area contributed by atoms with E-state index in [2.05, 4.69) is 21.0 Å². The third-order valence-corrected chi connectivity index (χ3v) is 4.68. The second-order valence-corrected chi connectivity index (χ2v) is 6.41. The van der Waals surface area contributed by atoms with Crippen LogP contribution < -0.4 is 5.73 Å². The lowest BCUT2D eigenvalue weighted by molar-refractivity contribution is 0.182. The van der Waals surface area contributed by atoms with Gasteiger partial charge in [-0.05, 0) is 40.2 Å². The molecule has 114 valence electrons. The van der Waals surface area contributed by atoms with Crippen molar-refractivity contribution < 1.29 is 9.13 Å². The largest absolute Gasteiger partial charge is 0.383 e. The zero-order valence-corrected chi connectivity index (χ0v) is 14.0. The quantitative estimate of drug-likeness (QED) is 0.757. The number of benzene rings is 1. The lowest BCUT2D eigenvalue weighted by atomic mass is 10.2. The van der Waals surface area contributed by atoms with E-state index in [1.165, 1.54) is 12.1 Å². The number of nitrogens with two attached hydrogens (primary N) is 1. The van der Waals surface area contributed by atoms with Gasteiger partial charge in [0, 0.05) is 17.8 Å². The number of aromatic nitrogens is 2. The predicted octanol–water partition coefficient (Wildman–Crippen LogP) is 3.22. The van der Waals surface area contributed by atoms with Crippen molar-refractivity contribution >= 4 is 27.7 Å². The van der Waals surface area contributed by atoms with Gasteiger partial charge in [0.05, 0.1) is 35.6 Å². The molecule has 21 heavy (non-hydrogen) atoms. The van der Waals surface area contributed by atoms with Gasteiger partial charge in [-0.15, -0.1) is 11.8 Å². The molecule has 4 nitrogen and oxygen atoms in total. The SMILES string of the molecule is COCCn1ncc(Br)c1C(N)CSc1ccc(F)cc1. The third kappa shape index (κ3) is 4.54. The Morgan fingerprint density at radius 2 is 2.14 bits per heavy atom. The molecule has 0 aliphatic carbocycles. The van der Waals surface area contributed by atoms with Crippen LogP contribution in [0.5, 0.6) is 0 Å². The lowest BCUT2D eigenvalue weighted by Gasteiger charge is -2.15. The summed E-state index contributed by atoms with van der Waals surface area (Å²) in [6.45, 7) is 1.24. The molecular weight excluding hydrogens is 357 g/mol. The molecule has 0 saturated carbocycles. The molecule has 7 heteroatoms. The number of halogens is 2. The van der Waals surface area contributed by atoms with E-state index >= 15 is 0 Å². The Labute approximate surface area is 136 Å². The molecular formula is C14H17BrFN3OS. The summed E-state index contributed by atoms with van der Waals surface area (Å²) in [4.78, 5) is 0.992. The van der Waals surface area contributed by atoms with E-state index in [9.17, 15) is 4.39 Å². The summed E-state index contributed by atoms with van der Waals surface area (Å²) in [5.41, 5.74) is 7.21. The fourth-order valence-corrected chi connectivity index (χ4v) is 3.34. The van der Waals surface area contributed by atoms with Crippen molar-refractivity contribution in [2.45, 2.75) is 17.5 Å². The highest BCUT2D eigenvalue weighted by Crippen LogP contribution is 2.27. The Balaban J connectivity index is 2.01. The van der Waals surface area contributed by atoms with Crippen LogP contribution >= 0.6 is 27.7 Å². The van der Waals surface area contributed by atoms with Crippen molar-refractivity contribution in [3.8, 4) is 0 Å². The Bertz CT molecular complexity index is 576. The van der Waals surface area contributed by atoms with Crippen LogP contribution in [0.25, 0.3) is 0 Å². The minimum atomic E-state index is -0.232. The third-order valence-electron chi connectivity index (χ3n) is 2.93. The molecule has 1 aromatic carbocycles. The van der Waals surface area contributed by atoms with Gasteiger partial charge < -0.3 is 10.5 Å². The first-order chi connectivity index (χ1) is 10.1. The van der Waals surface area contributed by atoms with Gasteiger partial charge in [-0.1, -0.05) is 0 Å². The molecule has 2 aromatic rings. The van der Waals surface area contributed by atoms with E-state index in [-0.39, 0.29) is 11.9 Å². The van der Waals surface area contributed by atoms with E-state index in [0.29, 0.717) is 18.9 Å². The molecule has 0 amide bonds. The van der Waals surface area contributed by atoms with Gasteiger partial charge in [0.2, 0.25) is 0 Å². The summed E-state index contributed by atoms with van der Waals surface area (Å²) in [5.74, 6) is 0.451.